The molecule has 4 heteroatoms. The number of nitrogens with one attached hydrogen (secondary N) is 1. The number of nitrogens with zero attached hydrogens (tertiary/aromatic N) is 2. The first-order valence-electron chi connectivity index (χ1n) is 15.4. The fourth-order valence-corrected chi connectivity index (χ4v) is 12.0. The summed E-state index contributed by atoms with van der Waals surface area (Å²) >= 11 is 0. The normalized spacial score (nSPS) is 12.0. The fourth-order valence-electron chi connectivity index (χ4n) is 7.39. The van der Waals surface area contributed by atoms with Crippen LogP contribution in [0.3, 0.4) is 0 Å². The molecule has 0 aliphatic heterocycles. The maximum atomic E-state index is 5.65. The lowest BCUT2D eigenvalue weighted by molar-refractivity contribution is 1.09. The van der Waals surface area contributed by atoms with E-state index in [-0.39, 0.29) is 0 Å². The predicted molar refractivity (Wildman–Crippen MR) is 192 cm³/mol. The lowest BCUT2D eigenvalue weighted by Gasteiger charge is -2.33. The topological polar surface area (TPSA) is 33.6 Å². The minimum absolute atomic E-state index is 0.925. The Morgan fingerprint density at radius 1 is 0.444 bits per heavy atom. The molecule has 0 amide bonds. The van der Waals surface area contributed by atoms with E-state index in [2.05, 4.69) is 179 Å². The van der Waals surface area contributed by atoms with E-state index in [9.17, 15) is 0 Å². The van der Waals surface area contributed by atoms with E-state index in [0.717, 1.165) is 27.7 Å². The summed E-state index contributed by atoms with van der Waals surface area (Å²) in [6.45, 7) is 0. The quantitative estimate of drug-likeness (QED) is 0.167. The first kappa shape index (κ1) is 25.8. The van der Waals surface area contributed by atoms with Crippen molar-refractivity contribution in [2.75, 3.05) is 0 Å². The number of benzene rings is 6. The number of aromatic nitrogens is 3. The van der Waals surface area contributed by atoms with Crippen LogP contribution < -0.4 is 20.9 Å². The van der Waals surface area contributed by atoms with Gasteiger partial charge >= 0.3 is 0 Å². The molecule has 6 aromatic carbocycles. The summed E-state index contributed by atoms with van der Waals surface area (Å²) in [5, 5.41) is 9.99. The molecule has 0 radical (unpaired) electrons. The van der Waals surface area contributed by atoms with Crippen LogP contribution in [-0.2, 0) is 0 Å². The van der Waals surface area contributed by atoms with E-state index >= 15 is 0 Å². The highest BCUT2D eigenvalue weighted by atomic mass is 28.3. The van der Waals surface area contributed by atoms with Crippen molar-refractivity contribution < 1.29 is 0 Å². The van der Waals surface area contributed by atoms with Crippen molar-refractivity contribution in [3.05, 3.63) is 170 Å². The Hall–Kier alpha value is -5.71. The van der Waals surface area contributed by atoms with Crippen molar-refractivity contribution in [3.8, 4) is 5.82 Å². The van der Waals surface area contributed by atoms with Crippen LogP contribution in [0, 0.1) is 0 Å². The van der Waals surface area contributed by atoms with Crippen LogP contribution in [0.4, 0.5) is 0 Å². The molecule has 0 bridgehead atoms. The van der Waals surface area contributed by atoms with Gasteiger partial charge in [-0.05, 0) is 45.9 Å². The molecule has 0 saturated carbocycles. The molecule has 0 fully saturated rings. The molecule has 9 aromatic rings. The van der Waals surface area contributed by atoms with E-state index in [1.807, 2.05) is 0 Å². The molecule has 0 aliphatic rings. The van der Waals surface area contributed by atoms with E-state index in [0.29, 0.717) is 0 Å². The van der Waals surface area contributed by atoms with Gasteiger partial charge in [0.05, 0.1) is 16.6 Å². The van der Waals surface area contributed by atoms with Crippen molar-refractivity contribution in [1.82, 2.24) is 14.5 Å². The zero-order valence-corrected chi connectivity index (χ0v) is 25.6. The first-order valence-corrected chi connectivity index (χ1v) is 17.4. The van der Waals surface area contributed by atoms with Gasteiger partial charge in [-0.25, -0.2) is 4.98 Å². The highest BCUT2D eigenvalue weighted by Gasteiger charge is 2.43. The highest BCUT2D eigenvalue weighted by Crippen LogP contribution is 2.38. The Morgan fingerprint density at radius 2 is 1.02 bits per heavy atom. The maximum Gasteiger partial charge on any atom is 0.201 e. The third-order valence-electron chi connectivity index (χ3n) is 9.28. The molecule has 3 nitrogen and oxygen atoms in total. The zero-order chi connectivity index (χ0) is 29.8. The second kappa shape index (κ2) is 10.2. The number of hydrogen-bond donors (Lipinski definition) is 1. The molecule has 3 aromatic heterocycles. The summed E-state index contributed by atoms with van der Waals surface area (Å²) in [6.07, 6.45) is 0. The molecule has 0 aliphatic carbocycles. The van der Waals surface area contributed by atoms with Gasteiger partial charge in [-0.1, -0.05) is 140 Å². The summed E-state index contributed by atoms with van der Waals surface area (Å²) in [4.78, 5) is 9.41. The van der Waals surface area contributed by atoms with Gasteiger partial charge in [0.1, 0.15) is 5.82 Å². The monoisotopic (exact) mass is 591 g/mol. The van der Waals surface area contributed by atoms with Crippen molar-refractivity contribution >= 4 is 72.6 Å². The molecule has 0 saturated heterocycles. The summed E-state index contributed by atoms with van der Waals surface area (Å²) in [7, 11) is -2.78. The molecular formula is C41H29N3Si. The van der Waals surface area contributed by atoms with Gasteiger partial charge in [0.15, 0.2) is 0 Å². The molecule has 1 N–H and O–H groups in total. The Morgan fingerprint density at radius 3 is 1.69 bits per heavy atom. The number of para-hydroxylation sites is 2. The van der Waals surface area contributed by atoms with Gasteiger partial charge < -0.3 is 4.98 Å². The number of rotatable bonds is 5. The van der Waals surface area contributed by atoms with Crippen LogP contribution in [0.2, 0.25) is 0 Å². The fraction of sp³-hybridized carbons (Fsp3) is 0. The molecule has 45 heavy (non-hydrogen) atoms. The standard InChI is InChI=1S/C41H29N3Si/c1-4-15-29(16-5-1)45(30-17-6-2-7-18-30,31-19-8-3-9-20-31)39-26-14-25-38(43-39)44-36-24-13-11-22-34(36)40-37(44)28-27-33-32-21-10-12-23-35(32)42-41(33)40/h1-28,42H. The highest BCUT2D eigenvalue weighted by molar-refractivity contribution is 7.19. The number of hydrogen-bond acceptors (Lipinski definition) is 1. The van der Waals surface area contributed by atoms with Crippen molar-refractivity contribution in [2.45, 2.75) is 0 Å². The zero-order valence-electron chi connectivity index (χ0n) is 24.6. The Bertz CT molecular complexity index is 2380. The summed E-state index contributed by atoms with van der Waals surface area (Å²) in [5.41, 5.74) is 4.61. The lowest BCUT2D eigenvalue weighted by atomic mass is 10.1. The molecule has 212 valence electrons. The van der Waals surface area contributed by atoms with Crippen molar-refractivity contribution in [3.63, 3.8) is 0 Å². The number of aromatic amines is 1. The van der Waals surface area contributed by atoms with Crippen molar-refractivity contribution in [2.24, 2.45) is 0 Å². The SMILES string of the molecule is c1ccc([Si](c2ccccc2)(c2ccccc2)c2cccc(-n3c4ccccc4c4c5[nH]c6ccccc6c5ccc43)n2)cc1. The predicted octanol–water partition coefficient (Wildman–Crippen LogP) is 7.19. The number of pyridine rings is 1. The largest absolute Gasteiger partial charge is 0.354 e. The first-order chi connectivity index (χ1) is 22.3. The van der Waals surface area contributed by atoms with Crippen LogP contribution in [0.15, 0.2) is 170 Å². The minimum atomic E-state index is -2.78. The third-order valence-corrected chi connectivity index (χ3v) is 13.9. The minimum Gasteiger partial charge on any atom is -0.354 e. The third kappa shape index (κ3) is 3.79. The second-order valence-electron chi connectivity index (χ2n) is 11.6. The molecule has 0 unspecified atom stereocenters. The van der Waals surface area contributed by atoms with Crippen molar-refractivity contribution in [1.29, 1.82) is 0 Å². The smallest absolute Gasteiger partial charge is 0.201 e. The van der Waals surface area contributed by atoms with Gasteiger partial charge in [0.2, 0.25) is 8.07 Å². The van der Waals surface area contributed by atoms with Crippen LogP contribution in [0.5, 0.6) is 0 Å². The van der Waals surface area contributed by atoms with Gasteiger partial charge in [-0.2, -0.15) is 0 Å². The van der Waals surface area contributed by atoms with Crippen LogP contribution in [0.1, 0.15) is 0 Å². The number of fused-ring (bicyclic) bond motifs is 7. The molecular weight excluding hydrogens is 563 g/mol. The Kier molecular flexibility index (Phi) is 5.83. The van der Waals surface area contributed by atoms with Gasteiger partial charge in [0.25, 0.3) is 0 Å². The molecule has 9 rings (SSSR count). The summed E-state index contributed by atoms with van der Waals surface area (Å²) in [6, 6.07) is 61.4. The lowest BCUT2D eigenvalue weighted by Crippen LogP contribution is -2.75. The van der Waals surface area contributed by atoms with Gasteiger partial charge in [-0.15, -0.1) is 0 Å². The Labute approximate surface area is 262 Å². The van der Waals surface area contributed by atoms with Gasteiger partial charge in [-0.3, -0.25) is 4.57 Å². The van der Waals surface area contributed by atoms with E-state index in [1.54, 1.807) is 0 Å². The van der Waals surface area contributed by atoms with E-state index in [1.165, 1.54) is 42.6 Å². The maximum absolute atomic E-state index is 5.65. The van der Waals surface area contributed by atoms with Crippen LogP contribution >= 0.6 is 0 Å². The Balaban J connectivity index is 1.37. The van der Waals surface area contributed by atoms with E-state index in [4.69, 9.17) is 4.98 Å². The molecule has 0 atom stereocenters. The van der Waals surface area contributed by atoms with Crippen LogP contribution in [-0.4, -0.2) is 22.6 Å². The molecule has 3 heterocycles. The molecule has 0 spiro atoms. The number of H-pyrrole nitrogens is 1. The van der Waals surface area contributed by atoms with E-state index < -0.39 is 8.07 Å². The summed E-state index contributed by atoms with van der Waals surface area (Å²) < 4.78 is 2.35. The van der Waals surface area contributed by atoms with Gasteiger partial charge in [0, 0.05) is 32.4 Å². The second-order valence-corrected chi connectivity index (χ2v) is 15.4. The van der Waals surface area contributed by atoms with Crippen LogP contribution in [0.25, 0.3) is 49.4 Å². The average Bonchev–Trinajstić information content (AvgIpc) is 3.66. The average molecular weight is 592 g/mol. The summed E-state index contributed by atoms with van der Waals surface area (Å²) in [5.74, 6) is 0.925.